The van der Waals surface area contributed by atoms with Gasteiger partial charge in [0.2, 0.25) is 11.7 Å². The number of carbonyl (C=O) groups excluding carboxylic acids is 2. The predicted molar refractivity (Wildman–Crippen MR) is 151 cm³/mol. The summed E-state index contributed by atoms with van der Waals surface area (Å²) in [6.45, 7) is 5.81. The number of tetrazole rings is 1. The van der Waals surface area contributed by atoms with Gasteiger partial charge in [0.1, 0.15) is 6.04 Å². The Bertz CT molecular complexity index is 1330. The zero-order valence-electron chi connectivity index (χ0n) is 24.1. The Morgan fingerprint density at radius 1 is 0.952 bits per heavy atom. The largest absolute Gasteiger partial charge is 0.480 e. The van der Waals surface area contributed by atoms with Crippen molar-refractivity contribution >= 4 is 17.8 Å². The smallest absolute Gasteiger partial charge is 0.326 e. The van der Waals surface area contributed by atoms with E-state index in [1.165, 1.54) is 4.90 Å². The number of carboxylic acids is 1. The van der Waals surface area contributed by atoms with Gasteiger partial charge >= 0.3 is 5.97 Å². The van der Waals surface area contributed by atoms with Crippen LogP contribution in [0.25, 0.3) is 22.5 Å². The van der Waals surface area contributed by atoms with Crippen molar-refractivity contribution in [3.05, 3.63) is 54.1 Å². The summed E-state index contributed by atoms with van der Waals surface area (Å²) in [6.07, 6.45) is 2.81. The fourth-order valence-electron chi connectivity index (χ4n) is 4.56. The molecule has 1 heterocycles. The van der Waals surface area contributed by atoms with E-state index < -0.39 is 12.0 Å². The zero-order chi connectivity index (χ0) is 30.6. The van der Waals surface area contributed by atoms with Gasteiger partial charge in [-0.15, -0.1) is 10.2 Å². The molecule has 0 radical (unpaired) electrons. The van der Waals surface area contributed by atoms with Crippen molar-refractivity contribution in [2.24, 2.45) is 5.92 Å². The minimum Gasteiger partial charge on any atom is -0.480 e. The topological polar surface area (TPSA) is 171 Å². The van der Waals surface area contributed by atoms with Gasteiger partial charge in [-0.25, -0.2) is 4.79 Å². The van der Waals surface area contributed by atoms with Gasteiger partial charge in [0, 0.05) is 24.9 Å². The highest BCUT2D eigenvalue weighted by atomic mass is 17.1. The van der Waals surface area contributed by atoms with Gasteiger partial charge in [0.15, 0.2) is 0 Å². The number of rotatable bonds is 16. The molecular weight excluding hydrogens is 544 g/mol. The molecule has 0 spiro atoms. The lowest BCUT2D eigenvalue weighted by Crippen LogP contribution is -2.47. The van der Waals surface area contributed by atoms with Crippen molar-refractivity contribution in [2.45, 2.75) is 71.9 Å². The molecule has 226 valence electrons. The SMILES string of the molecule is CCCCC(=O)N(Cc1ccc(-c2ccccc2-c2nnn(C(=O)CCCCON(O)O)n2)cc1)[C@H](C(=O)O)C(C)C. The molecule has 1 aromatic heterocycles. The van der Waals surface area contributed by atoms with Crippen LogP contribution in [-0.2, 0) is 21.0 Å². The van der Waals surface area contributed by atoms with Crippen molar-refractivity contribution in [1.82, 2.24) is 30.5 Å². The molecule has 1 amide bonds. The van der Waals surface area contributed by atoms with E-state index in [1.807, 2.05) is 55.5 Å². The highest BCUT2D eigenvalue weighted by molar-refractivity contribution is 5.84. The highest BCUT2D eigenvalue weighted by Gasteiger charge is 2.32. The molecule has 2 aromatic carbocycles. The van der Waals surface area contributed by atoms with Gasteiger partial charge in [-0.1, -0.05) is 80.5 Å². The number of aromatic nitrogens is 4. The summed E-state index contributed by atoms with van der Waals surface area (Å²) in [5.74, 6) is -1.53. The molecule has 0 aliphatic rings. The minimum atomic E-state index is -1.02. The summed E-state index contributed by atoms with van der Waals surface area (Å²) in [7, 11) is 0. The van der Waals surface area contributed by atoms with Gasteiger partial charge in [-0.2, -0.15) is 0 Å². The normalized spacial score (nSPS) is 12.1. The average molecular weight is 583 g/mol. The first kappa shape index (κ1) is 32.5. The fraction of sp³-hybridized carbons (Fsp3) is 0.448. The average Bonchev–Trinajstić information content (AvgIpc) is 3.45. The van der Waals surface area contributed by atoms with E-state index in [1.54, 1.807) is 13.8 Å². The summed E-state index contributed by atoms with van der Waals surface area (Å²) in [5, 5.41) is 38.8. The molecule has 0 fully saturated rings. The van der Waals surface area contributed by atoms with Crippen LogP contribution < -0.4 is 0 Å². The zero-order valence-corrected chi connectivity index (χ0v) is 24.1. The second kappa shape index (κ2) is 15.8. The second-order valence-electron chi connectivity index (χ2n) is 10.2. The van der Waals surface area contributed by atoms with Gasteiger partial charge in [0.05, 0.1) is 12.0 Å². The third kappa shape index (κ3) is 8.98. The first-order valence-corrected chi connectivity index (χ1v) is 14.0. The van der Waals surface area contributed by atoms with Crippen molar-refractivity contribution in [1.29, 1.82) is 0 Å². The second-order valence-corrected chi connectivity index (χ2v) is 10.2. The van der Waals surface area contributed by atoms with Crippen molar-refractivity contribution in [3.63, 3.8) is 0 Å². The van der Waals surface area contributed by atoms with Crippen molar-refractivity contribution in [3.8, 4) is 22.5 Å². The summed E-state index contributed by atoms with van der Waals surface area (Å²) in [6, 6.07) is 14.0. The molecule has 0 bridgehead atoms. The number of hydrogen-bond donors (Lipinski definition) is 3. The van der Waals surface area contributed by atoms with E-state index >= 15 is 0 Å². The molecule has 0 saturated heterocycles. The van der Waals surface area contributed by atoms with Gasteiger partial charge in [-0.3, -0.25) is 24.8 Å². The third-order valence-corrected chi connectivity index (χ3v) is 6.70. The predicted octanol–water partition coefficient (Wildman–Crippen LogP) is 4.46. The van der Waals surface area contributed by atoms with Crippen LogP contribution in [0.15, 0.2) is 48.5 Å². The quantitative estimate of drug-likeness (QED) is 0.161. The van der Waals surface area contributed by atoms with E-state index in [-0.39, 0.29) is 48.5 Å². The molecule has 13 nitrogen and oxygen atoms in total. The molecule has 1 atom stereocenters. The number of hydrogen-bond acceptors (Lipinski definition) is 10. The summed E-state index contributed by atoms with van der Waals surface area (Å²) < 4.78 is 0. The number of nitrogens with zero attached hydrogens (tertiary/aromatic N) is 6. The van der Waals surface area contributed by atoms with Crippen LogP contribution in [0.1, 0.15) is 69.7 Å². The summed E-state index contributed by atoms with van der Waals surface area (Å²) in [4.78, 5) is 44.4. The van der Waals surface area contributed by atoms with Gasteiger partial charge in [0.25, 0.3) is 5.91 Å². The van der Waals surface area contributed by atoms with Crippen LogP contribution >= 0.6 is 0 Å². The van der Waals surface area contributed by atoms with E-state index in [9.17, 15) is 19.5 Å². The fourth-order valence-corrected chi connectivity index (χ4v) is 4.56. The number of carbonyl (C=O) groups is 3. The van der Waals surface area contributed by atoms with Gasteiger partial charge < -0.3 is 10.0 Å². The summed E-state index contributed by atoms with van der Waals surface area (Å²) in [5.41, 5.74) is 3.14. The Morgan fingerprint density at radius 3 is 2.26 bits per heavy atom. The van der Waals surface area contributed by atoms with Gasteiger partial charge in [-0.05, 0) is 47.1 Å². The molecule has 0 aliphatic carbocycles. The number of benzene rings is 2. The number of carboxylic acid groups (broad SMARTS) is 1. The standard InChI is InChI=1S/C29H38N6O7/c1-4-5-12-25(36)33(27(20(2)3)29(38)39)19-21-14-16-22(17-15-21)23-10-6-7-11-24(23)28-30-32-34(31-28)26(37)13-8-9-18-42-35(40)41/h6-7,10-11,14-17,20,27,40-41H,4-5,8-9,12-13,18-19H2,1-3H3,(H,38,39)/t27-/m0/s1. The van der Waals surface area contributed by atoms with E-state index in [2.05, 4.69) is 20.2 Å². The maximum atomic E-state index is 13.0. The van der Waals surface area contributed by atoms with Crippen LogP contribution in [0.3, 0.4) is 0 Å². The monoisotopic (exact) mass is 582 g/mol. The first-order valence-electron chi connectivity index (χ1n) is 14.0. The molecule has 3 aromatic rings. The van der Waals surface area contributed by atoms with Crippen LogP contribution in [0, 0.1) is 5.92 Å². The minimum absolute atomic E-state index is 0.0353. The molecule has 3 rings (SSSR count). The molecule has 0 saturated carbocycles. The lowest BCUT2D eigenvalue weighted by Gasteiger charge is -2.32. The molecular formula is C29H38N6O7. The van der Waals surface area contributed by atoms with Crippen LogP contribution in [0.5, 0.6) is 0 Å². The maximum absolute atomic E-state index is 13.0. The number of amides is 1. The van der Waals surface area contributed by atoms with E-state index in [0.29, 0.717) is 31.2 Å². The van der Waals surface area contributed by atoms with Crippen LogP contribution in [0.2, 0.25) is 0 Å². The van der Waals surface area contributed by atoms with Crippen LogP contribution in [-0.4, -0.2) is 76.5 Å². The van der Waals surface area contributed by atoms with E-state index in [4.69, 9.17) is 10.4 Å². The van der Waals surface area contributed by atoms with Crippen molar-refractivity contribution in [2.75, 3.05) is 6.61 Å². The first-order chi connectivity index (χ1) is 20.1. The van der Waals surface area contributed by atoms with Crippen molar-refractivity contribution < 1.29 is 34.7 Å². The number of unbranched alkanes of at least 4 members (excludes halogenated alkanes) is 2. The Morgan fingerprint density at radius 2 is 1.64 bits per heavy atom. The Hall–Kier alpha value is -4.04. The molecule has 0 unspecified atom stereocenters. The lowest BCUT2D eigenvalue weighted by atomic mass is 9.97. The third-order valence-electron chi connectivity index (χ3n) is 6.70. The number of aliphatic carboxylic acids is 1. The Balaban J connectivity index is 1.77. The molecule has 3 N–H and O–H groups in total. The maximum Gasteiger partial charge on any atom is 0.326 e. The van der Waals surface area contributed by atoms with E-state index in [0.717, 1.165) is 27.9 Å². The molecule has 13 heteroatoms. The molecule has 42 heavy (non-hydrogen) atoms. The molecule has 0 aliphatic heterocycles. The summed E-state index contributed by atoms with van der Waals surface area (Å²) >= 11 is 0. The lowest BCUT2D eigenvalue weighted by molar-refractivity contribution is -0.492. The van der Waals surface area contributed by atoms with Crippen LogP contribution in [0.4, 0.5) is 0 Å². The Kier molecular flexibility index (Phi) is 12.2. The highest BCUT2D eigenvalue weighted by Crippen LogP contribution is 2.30. The Labute approximate surface area is 244 Å².